The largest absolute Gasteiger partial charge is 0.484 e. The lowest BCUT2D eigenvalue weighted by atomic mass is 10.1. The van der Waals surface area contributed by atoms with Gasteiger partial charge in [0.25, 0.3) is 5.91 Å². The summed E-state index contributed by atoms with van der Waals surface area (Å²) in [5.74, 6) is -0.604. The van der Waals surface area contributed by atoms with Crippen molar-refractivity contribution in [3.63, 3.8) is 0 Å². The number of nitrogens with two attached hydrogens (primary N) is 1. The molecule has 1 rings (SSSR count). The summed E-state index contributed by atoms with van der Waals surface area (Å²) >= 11 is 0. The Morgan fingerprint density at radius 3 is 2.95 bits per heavy atom. The van der Waals surface area contributed by atoms with Crippen LogP contribution in [0, 0.1) is 17.1 Å². The van der Waals surface area contributed by atoms with E-state index < -0.39 is 11.7 Å². The summed E-state index contributed by atoms with van der Waals surface area (Å²) in [6.45, 7) is 1.48. The van der Waals surface area contributed by atoms with Crippen molar-refractivity contribution < 1.29 is 13.9 Å². The van der Waals surface area contributed by atoms with E-state index in [4.69, 9.17) is 15.7 Å². The molecule has 0 aliphatic heterocycles. The molecule has 0 aliphatic rings. The molecular weight excluding hydrogens is 249 g/mol. The number of benzene rings is 1. The molecule has 0 bridgehead atoms. The summed E-state index contributed by atoms with van der Waals surface area (Å²) in [5, 5.41) is 10.6. The normalized spacial score (nSPS) is 11.5. The van der Waals surface area contributed by atoms with Crippen molar-refractivity contribution >= 4 is 5.91 Å². The highest BCUT2D eigenvalue weighted by Gasteiger charge is 2.06. The van der Waals surface area contributed by atoms with Gasteiger partial charge in [0.1, 0.15) is 18.1 Å². The number of hydrogen-bond donors (Lipinski definition) is 2. The van der Waals surface area contributed by atoms with E-state index in [2.05, 4.69) is 5.32 Å². The highest BCUT2D eigenvalue weighted by molar-refractivity contribution is 5.77. The van der Waals surface area contributed by atoms with Gasteiger partial charge in [-0.15, -0.1) is 0 Å². The molecule has 0 radical (unpaired) electrons. The van der Waals surface area contributed by atoms with Crippen LogP contribution in [-0.4, -0.2) is 25.1 Å². The molecule has 0 fully saturated rings. The lowest BCUT2D eigenvalue weighted by Crippen LogP contribution is -2.29. The predicted octanol–water partition coefficient (Wildman–Crippen LogP) is 0.734. The van der Waals surface area contributed by atoms with Crippen LogP contribution >= 0.6 is 0 Å². The van der Waals surface area contributed by atoms with Gasteiger partial charge in [-0.25, -0.2) is 4.39 Å². The Hall–Kier alpha value is -2.13. The number of carbonyl (C=O) groups is 1. The molecule has 3 N–H and O–H groups in total. The standard InChI is InChI=1S/C13H16FN3O2/c1-9(16)4-10-5-11(14)7-12(6-10)19-8-13(18)17-3-2-15/h5-7,9H,3-4,8,16H2,1H3,(H,17,18). The van der Waals surface area contributed by atoms with Gasteiger partial charge in [-0.1, -0.05) is 0 Å². The fourth-order valence-electron chi connectivity index (χ4n) is 1.53. The van der Waals surface area contributed by atoms with Crippen LogP contribution in [0.15, 0.2) is 18.2 Å². The highest BCUT2D eigenvalue weighted by atomic mass is 19.1. The van der Waals surface area contributed by atoms with Gasteiger partial charge in [-0.2, -0.15) is 5.26 Å². The van der Waals surface area contributed by atoms with Gasteiger partial charge in [0, 0.05) is 12.1 Å². The van der Waals surface area contributed by atoms with Crippen LogP contribution in [0.25, 0.3) is 0 Å². The molecule has 0 saturated heterocycles. The van der Waals surface area contributed by atoms with Gasteiger partial charge in [0.05, 0.1) is 6.07 Å². The second-order valence-corrected chi connectivity index (χ2v) is 4.20. The van der Waals surface area contributed by atoms with E-state index in [1.807, 2.05) is 6.92 Å². The first-order valence-electron chi connectivity index (χ1n) is 5.82. The number of nitrogens with zero attached hydrogens (tertiary/aromatic N) is 1. The maximum Gasteiger partial charge on any atom is 0.258 e. The Balaban J connectivity index is 2.60. The molecule has 1 unspecified atom stereocenters. The van der Waals surface area contributed by atoms with Crippen molar-refractivity contribution in [3.8, 4) is 11.8 Å². The first kappa shape index (κ1) is 14.9. The van der Waals surface area contributed by atoms with Crippen LogP contribution in [-0.2, 0) is 11.2 Å². The summed E-state index contributed by atoms with van der Waals surface area (Å²) < 4.78 is 18.5. The Morgan fingerprint density at radius 2 is 2.32 bits per heavy atom. The van der Waals surface area contributed by atoms with Crippen molar-refractivity contribution in [2.75, 3.05) is 13.2 Å². The number of nitrogens with one attached hydrogen (secondary N) is 1. The third kappa shape index (κ3) is 5.84. The zero-order chi connectivity index (χ0) is 14.3. The summed E-state index contributed by atoms with van der Waals surface area (Å²) in [7, 11) is 0. The fraction of sp³-hybridized carbons (Fsp3) is 0.385. The summed E-state index contributed by atoms with van der Waals surface area (Å²) in [6.07, 6.45) is 0.523. The van der Waals surface area contributed by atoms with Gasteiger partial charge in [-0.05, 0) is 31.0 Å². The second kappa shape index (κ2) is 7.34. The van der Waals surface area contributed by atoms with Gasteiger partial charge in [0.15, 0.2) is 6.61 Å². The first-order valence-corrected chi connectivity index (χ1v) is 5.82. The minimum Gasteiger partial charge on any atom is -0.484 e. The second-order valence-electron chi connectivity index (χ2n) is 4.20. The molecule has 1 aromatic carbocycles. The van der Waals surface area contributed by atoms with E-state index in [0.717, 1.165) is 0 Å². The highest BCUT2D eigenvalue weighted by Crippen LogP contribution is 2.17. The van der Waals surface area contributed by atoms with E-state index in [1.54, 1.807) is 12.1 Å². The number of rotatable bonds is 6. The first-order chi connectivity index (χ1) is 9.01. The number of ether oxygens (including phenoxy) is 1. The van der Waals surface area contributed by atoms with Gasteiger partial charge >= 0.3 is 0 Å². The molecule has 1 amide bonds. The fourth-order valence-corrected chi connectivity index (χ4v) is 1.53. The van der Waals surface area contributed by atoms with E-state index in [9.17, 15) is 9.18 Å². The molecule has 1 aromatic rings. The van der Waals surface area contributed by atoms with E-state index in [-0.39, 0.29) is 24.9 Å². The molecule has 0 aliphatic carbocycles. The SMILES string of the molecule is CC(N)Cc1cc(F)cc(OCC(=O)NCC#N)c1. The maximum atomic E-state index is 13.3. The van der Waals surface area contributed by atoms with Crippen molar-refractivity contribution in [3.05, 3.63) is 29.6 Å². The summed E-state index contributed by atoms with van der Waals surface area (Å²) in [6, 6.07) is 5.91. The molecule has 5 nitrogen and oxygen atoms in total. The van der Waals surface area contributed by atoms with Crippen molar-refractivity contribution in [1.29, 1.82) is 5.26 Å². The zero-order valence-electron chi connectivity index (χ0n) is 10.6. The lowest BCUT2D eigenvalue weighted by Gasteiger charge is -2.09. The Morgan fingerprint density at radius 1 is 1.58 bits per heavy atom. The number of halogens is 1. The minimum absolute atomic E-state index is 0.0821. The molecule has 19 heavy (non-hydrogen) atoms. The molecule has 1 atom stereocenters. The molecule has 0 heterocycles. The lowest BCUT2D eigenvalue weighted by molar-refractivity contribution is -0.122. The third-order valence-corrected chi connectivity index (χ3v) is 2.22. The molecular formula is C13H16FN3O2. The van der Waals surface area contributed by atoms with E-state index in [1.165, 1.54) is 12.1 Å². The topological polar surface area (TPSA) is 88.1 Å². The summed E-state index contributed by atoms with van der Waals surface area (Å²) in [5.41, 5.74) is 6.35. The molecule has 0 saturated carbocycles. The average Bonchev–Trinajstić information content (AvgIpc) is 2.32. The van der Waals surface area contributed by atoms with Crippen LogP contribution in [0.5, 0.6) is 5.75 Å². The van der Waals surface area contributed by atoms with E-state index in [0.29, 0.717) is 12.0 Å². The Bertz CT molecular complexity index is 483. The van der Waals surface area contributed by atoms with Crippen molar-refractivity contribution in [2.45, 2.75) is 19.4 Å². The van der Waals surface area contributed by atoms with Crippen LogP contribution in [0.2, 0.25) is 0 Å². The number of carbonyl (C=O) groups excluding carboxylic acids is 1. The molecule has 0 spiro atoms. The Kier molecular flexibility index (Phi) is 5.76. The summed E-state index contributed by atoms with van der Waals surface area (Å²) in [4.78, 5) is 11.2. The predicted molar refractivity (Wildman–Crippen MR) is 67.9 cm³/mol. The molecule has 6 heteroatoms. The Labute approximate surface area is 111 Å². The monoisotopic (exact) mass is 265 g/mol. The smallest absolute Gasteiger partial charge is 0.258 e. The van der Waals surface area contributed by atoms with E-state index >= 15 is 0 Å². The minimum atomic E-state index is -0.439. The van der Waals surface area contributed by atoms with Crippen LogP contribution in [0.4, 0.5) is 4.39 Å². The maximum absolute atomic E-state index is 13.3. The van der Waals surface area contributed by atoms with Gasteiger partial charge in [0.2, 0.25) is 0 Å². The quantitative estimate of drug-likeness (QED) is 0.742. The van der Waals surface area contributed by atoms with Crippen molar-refractivity contribution in [2.24, 2.45) is 5.73 Å². The van der Waals surface area contributed by atoms with Gasteiger partial charge < -0.3 is 15.8 Å². The number of amides is 1. The van der Waals surface area contributed by atoms with Crippen LogP contribution in [0.1, 0.15) is 12.5 Å². The molecule has 102 valence electrons. The number of hydrogen-bond acceptors (Lipinski definition) is 4. The van der Waals surface area contributed by atoms with Gasteiger partial charge in [-0.3, -0.25) is 4.79 Å². The number of nitriles is 1. The molecule has 0 aromatic heterocycles. The third-order valence-electron chi connectivity index (χ3n) is 2.22. The van der Waals surface area contributed by atoms with Crippen LogP contribution < -0.4 is 15.8 Å². The average molecular weight is 265 g/mol. The zero-order valence-corrected chi connectivity index (χ0v) is 10.6. The van der Waals surface area contributed by atoms with Crippen LogP contribution in [0.3, 0.4) is 0 Å². The van der Waals surface area contributed by atoms with Crippen molar-refractivity contribution in [1.82, 2.24) is 5.32 Å².